The number of hydrogen-bond acceptors (Lipinski definition) is 10. The Hall–Kier alpha value is -5.63. The summed E-state index contributed by atoms with van der Waals surface area (Å²) in [6.07, 6.45) is 11.0. The van der Waals surface area contributed by atoms with Crippen LogP contribution in [0.3, 0.4) is 0 Å². The molecule has 0 bridgehead atoms. The van der Waals surface area contributed by atoms with Crippen LogP contribution >= 0.6 is 35.7 Å². The first-order valence-corrected chi connectivity index (χ1v) is 24.5. The number of aliphatic carboxylic acids is 2. The Morgan fingerprint density at radius 3 is 2.26 bits per heavy atom. The highest BCUT2D eigenvalue weighted by Gasteiger charge is 2.44. The Balaban J connectivity index is 0.988. The summed E-state index contributed by atoms with van der Waals surface area (Å²) in [5.74, 6) is -1.66. The van der Waals surface area contributed by atoms with E-state index in [1.54, 1.807) is 11.8 Å². The van der Waals surface area contributed by atoms with Gasteiger partial charge in [-0.3, -0.25) is 24.1 Å². The van der Waals surface area contributed by atoms with Crippen LogP contribution in [0.1, 0.15) is 77.5 Å². The van der Waals surface area contributed by atoms with Crippen molar-refractivity contribution < 1.29 is 29.4 Å². The van der Waals surface area contributed by atoms with Crippen molar-refractivity contribution in [3.63, 3.8) is 0 Å². The Bertz CT molecular complexity index is 2770. The summed E-state index contributed by atoms with van der Waals surface area (Å²) < 4.78 is 0.355. The van der Waals surface area contributed by atoms with Gasteiger partial charge in [0.25, 0.3) is 5.91 Å². The van der Waals surface area contributed by atoms with E-state index in [2.05, 4.69) is 99.9 Å². The maximum absolute atomic E-state index is 14.0. The number of carbonyl (C=O) groups excluding carboxylic acids is 2. The van der Waals surface area contributed by atoms with Crippen molar-refractivity contribution in [1.82, 2.24) is 4.90 Å². The first-order chi connectivity index (χ1) is 31.4. The van der Waals surface area contributed by atoms with Gasteiger partial charge in [-0.05, 0) is 82.3 Å². The van der Waals surface area contributed by atoms with Crippen LogP contribution in [0.5, 0.6) is 0 Å². The van der Waals surface area contributed by atoms with Crippen LogP contribution in [0, 0.1) is 5.92 Å². The number of anilines is 3. The molecule has 10 nitrogen and oxygen atoms in total. The van der Waals surface area contributed by atoms with Crippen molar-refractivity contribution in [3.05, 3.63) is 142 Å². The first kappa shape index (κ1) is 46.9. The normalized spacial score (nSPS) is 20.2. The number of thioether (sulfide) groups is 2. The van der Waals surface area contributed by atoms with E-state index in [9.17, 15) is 29.4 Å². The molecule has 0 aromatic heterocycles. The number of thiocarbonyl (C=S) groups is 1. The summed E-state index contributed by atoms with van der Waals surface area (Å²) in [4.78, 5) is 60.6. The number of para-hydroxylation sites is 1. The van der Waals surface area contributed by atoms with Crippen LogP contribution in [-0.2, 0) is 36.4 Å². The topological polar surface area (TPSA) is 122 Å². The van der Waals surface area contributed by atoms with Crippen molar-refractivity contribution in [1.29, 1.82) is 0 Å². The molecule has 2 N–H and O–H groups in total. The number of allylic oxidation sites excluding steroid dienone is 5. The average Bonchev–Trinajstić information content (AvgIpc) is 3.90. The van der Waals surface area contributed by atoms with Crippen molar-refractivity contribution in [2.24, 2.45) is 5.92 Å². The summed E-state index contributed by atoms with van der Waals surface area (Å²) >= 11 is 8.53. The number of Topliss-reactive ketones (excluding diaryl/α,β-unsaturated/α-hetero) is 1. The van der Waals surface area contributed by atoms with E-state index in [4.69, 9.17) is 12.2 Å². The summed E-state index contributed by atoms with van der Waals surface area (Å²) in [6, 6.07) is 26.5. The molecule has 0 spiro atoms. The van der Waals surface area contributed by atoms with Gasteiger partial charge in [-0.15, -0.1) is 0 Å². The number of nitrogens with zero attached hydrogens (tertiary/aromatic N) is 4. The second-order valence-corrected chi connectivity index (χ2v) is 21.5. The predicted molar refractivity (Wildman–Crippen MR) is 273 cm³/mol. The number of rotatable bonds is 16. The number of carboxylic acids is 2. The van der Waals surface area contributed by atoms with E-state index in [0.717, 1.165) is 51.1 Å². The highest BCUT2D eigenvalue weighted by molar-refractivity contribution is 8.26. The SMILES string of the molecule is CC(C)CCN1/C(=C\C=C2\SC(=S)N(CC(=O)Cc3ccc4c(c3)C(C)(C)C(/C=C/C=C3\Sc5ccccc5N3CCC(=O)O)N4CCC(=O)O)C2=O)C(C)(C)c2c1ccc1ccccc21. The molecule has 4 aliphatic rings. The summed E-state index contributed by atoms with van der Waals surface area (Å²) in [5, 5.41) is 22.5. The largest absolute Gasteiger partial charge is 0.481 e. The van der Waals surface area contributed by atoms with Gasteiger partial charge in [-0.1, -0.05) is 144 Å². The average molecular weight is 941 g/mol. The Labute approximate surface area is 401 Å². The maximum Gasteiger partial charge on any atom is 0.305 e. The number of fused-ring (bicyclic) bond motifs is 5. The molecule has 1 unspecified atom stereocenters. The minimum absolute atomic E-state index is 0.00434. The van der Waals surface area contributed by atoms with E-state index in [1.807, 2.05) is 65.6 Å². The third kappa shape index (κ3) is 9.22. The standard InChI is InChI=1S/C53H56N4O6S3/c1-33(2)24-27-55-41-21-19-35-12-7-8-13-37(35)49(41)53(5,6)45(55)23-22-43-50(63)57(51(64)66-43)32-36(58)30-34-18-20-39-38(31-34)52(3,4)44(54(39)28-25-47(59)60)16-11-17-46-56(29-26-48(61)62)40-14-9-10-15-42(40)65-46/h7-23,31,33,44H,24-30,32H2,1-6H3,(H,59,60)(H,61,62)/b16-11+,43-22+,45-23-,46-17-. The van der Waals surface area contributed by atoms with Crippen LogP contribution in [0.2, 0.25) is 0 Å². The number of carbonyl (C=O) groups is 4. The second kappa shape index (κ2) is 18.9. The molecular formula is C53H56N4O6S3. The third-order valence-electron chi connectivity index (χ3n) is 13.1. The molecule has 0 radical (unpaired) electrons. The van der Waals surface area contributed by atoms with Gasteiger partial charge in [0.2, 0.25) is 0 Å². The van der Waals surface area contributed by atoms with Gasteiger partial charge in [0.15, 0.2) is 5.78 Å². The van der Waals surface area contributed by atoms with Gasteiger partial charge in [-0.2, -0.15) is 0 Å². The van der Waals surface area contributed by atoms with Crippen molar-refractivity contribution in [3.8, 4) is 0 Å². The fraction of sp³-hybridized carbons (Fsp3) is 0.340. The van der Waals surface area contributed by atoms with Crippen LogP contribution in [-0.4, -0.2) is 75.3 Å². The van der Waals surface area contributed by atoms with Crippen LogP contribution in [0.25, 0.3) is 10.8 Å². The second-order valence-electron chi connectivity index (χ2n) is 18.8. The molecule has 342 valence electrons. The smallest absolute Gasteiger partial charge is 0.305 e. The van der Waals surface area contributed by atoms with Gasteiger partial charge >= 0.3 is 11.9 Å². The van der Waals surface area contributed by atoms with Crippen molar-refractivity contribution in [2.75, 3.05) is 40.9 Å². The molecule has 13 heteroatoms. The summed E-state index contributed by atoms with van der Waals surface area (Å²) in [5.41, 5.74) is 6.47. The van der Waals surface area contributed by atoms with Crippen molar-refractivity contribution >= 4 is 91.5 Å². The molecule has 4 aromatic carbocycles. The molecule has 0 saturated carbocycles. The number of amides is 1. The third-order valence-corrected chi connectivity index (χ3v) is 15.6. The molecule has 8 rings (SSSR count). The molecule has 66 heavy (non-hydrogen) atoms. The lowest BCUT2D eigenvalue weighted by molar-refractivity contribution is -0.137. The van der Waals surface area contributed by atoms with Crippen LogP contribution < -0.4 is 14.7 Å². The van der Waals surface area contributed by atoms with Gasteiger partial charge in [-0.25, -0.2) is 0 Å². The minimum atomic E-state index is -0.894. The van der Waals surface area contributed by atoms with Gasteiger partial charge in [0.05, 0.1) is 41.0 Å². The maximum atomic E-state index is 14.0. The van der Waals surface area contributed by atoms with E-state index in [1.165, 1.54) is 38.7 Å². The molecule has 0 aliphatic carbocycles. The molecule has 1 saturated heterocycles. The van der Waals surface area contributed by atoms with E-state index >= 15 is 0 Å². The molecule has 4 aromatic rings. The van der Waals surface area contributed by atoms with E-state index in [-0.39, 0.29) is 55.5 Å². The van der Waals surface area contributed by atoms with Crippen LogP contribution in [0.15, 0.2) is 130 Å². The lowest BCUT2D eigenvalue weighted by Crippen LogP contribution is -2.41. The number of ketones is 1. The molecule has 1 atom stereocenters. The van der Waals surface area contributed by atoms with E-state index < -0.39 is 17.4 Å². The molecule has 1 fully saturated rings. The fourth-order valence-electron chi connectivity index (χ4n) is 9.77. The van der Waals surface area contributed by atoms with Gasteiger partial charge in [0.1, 0.15) is 4.32 Å². The highest BCUT2D eigenvalue weighted by atomic mass is 32.2. The van der Waals surface area contributed by atoms with E-state index in [0.29, 0.717) is 21.7 Å². The summed E-state index contributed by atoms with van der Waals surface area (Å²) in [7, 11) is 0. The zero-order chi connectivity index (χ0) is 47.1. The Morgan fingerprint density at radius 1 is 0.788 bits per heavy atom. The monoisotopic (exact) mass is 940 g/mol. The molecule has 4 heterocycles. The lowest BCUT2D eigenvalue weighted by Gasteiger charge is -2.32. The quantitative estimate of drug-likeness (QED) is 0.0821. The minimum Gasteiger partial charge on any atom is -0.481 e. The number of carboxylic acid groups (broad SMARTS) is 2. The Morgan fingerprint density at radius 2 is 1.50 bits per heavy atom. The number of benzene rings is 4. The number of hydrogen-bond donors (Lipinski definition) is 2. The van der Waals surface area contributed by atoms with Crippen molar-refractivity contribution in [2.45, 2.75) is 89.0 Å². The molecule has 1 amide bonds. The fourth-order valence-corrected chi connectivity index (χ4v) is 12.1. The first-order valence-electron chi connectivity index (χ1n) is 22.5. The van der Waals surface area contributed by atoms with Gasteiger partial charge in [0, 0.05) is 58.9 Å². The Kier molecular flexibility index (Phi) is 13.4. The summed E-state index contributed by atoms with van der Waals surface area (Å²) in [6.45, 7) is 14.5. The lowest BCUT2D eigenvalue weighted by atomic mass is 9.79. The molecule has 4 aliphatic heterocycles. The zero-order valence-electron chi connectivity index (χ0n) is 38.2. The van der Waals surface area contributed by atoms with Crippen LogP contribution in [0.4, 0.5) is 17.1 Å². The molecular weight excluding hydrogens is 885 g/mol. The zero-order valence-corrected chi connectivity index (χ0v) is 40.7. The van der Waals surface area contributed by atoms with Gasteiger partial charge < -0.3 is 24.9 Å². The predicted octanol–water partition coefficient (Wildman–Crippen LogP) is 10.8. The highest BCUT2D eigenvalue weighted by Crippen LogP contribution is 2.52.